The van der Waals surface area contributed by atoms with Crippen molar-refractivity contribution in [3.8, 4) is 0 Å². The van der Waals surface area contributed by atoms with Crippen LogP contribution in [-0.2, 0) is 11.3 Å². The molecular weight excluding hydrogens is 489 g/mol. The number of H-pyrrole nitrogens is 1. The molecule has 0 atom stereocenters. The lowest BCUT2D eigenvalue weighted by molar-refractivity contribution is 0.0394. The fourth-order valence-electron chi connectivity index (χ4n) is 4.83. The molecule has 2 aliphatic rings. The molecule has 3 heterocycles. The van der Waals surface area contributed by atoms with Gasteiger partial charge < -0.3 is 14.5 Å². The number of halogens is 2. The van der Waals surface area contributed by atoms with Crippen LogP contribution in [0.5, 0.6) is 0 Å². The number of nitrogens with zero attached hydrogens (tertiary/aromatic N) is 4. The van der Waals surface area contributed by atoms with Gasteiger partial charge in [-0.3, -0.25) is 14.8 Å². The third kappa shape index (κ3) is 5.39. The van der Waals surface area contributed by atoms with Gasteiger partial charge in [0, 0.05) is 56.3 Å². The standard InChI is InChI=1S/C25H27Cl2N5O3/c26-21-3-1-17(13-22(21)27)16-35-25(34)32-11-9-30(10-12-32)20-5-7-31(8-6-20)24(33)18-2-4-23-19(14-18)15-28-29-23/h1-4,13-15,20H,5-12,16H2,(H,28,29). The average molecular weight is 516 g/mol. The van der Waals surface area contributed by atoms with Gasteiger partial charge in [-0.15, -0.1) is 0 Å². The van der Waals surface area contributed by atoms with E-state index in [9.17, 15) is 9.59 Å². The number of hydrogen-bond donors (Lipinski definition) is 1. The average Bonchev–Trinajstić information content (AvgIpc) is 3.37. The second-order valence-corrected chi connectivity index (χ2v) is 9.84. The van der Waals surface area contributed by atoms with Crippen molar-refractivity contribution in [2.75, 3.05) is 39.3 Å². The minimum Gasteiger partial charge on any atom is -0.445 e. The van der Waals surface area contributed by atoms with Gasteiger partial charge in [0.15, 0.2) is 0 Å². The van der Waals surface area contributed by atoms with E-state index in [4.69, 9.17) is 27.9 Å². The van der Waals surface area contributed by atoms with E-state index in [0.29, 0.717) is 34.7 Å². The van der Waals surface area contributed by atoms with Crippen LogP contribution in [0, 0.1) is 0 Å². The van der Waals surface area contributed by atoms with E-state index in [1.165, 1.54) is 0 Å². The molecule has 1 N–H and O–H groups in total. The summed E-state index contributed by atoms with van der Waals surface area (Å²) in [7, 11) is 0. The van der Waals surface area contributed by atoms with Gasteiger partial charge in [-0.25, -0.2) is 4.79 Å². The lowest BCUT2D eigenvalue weighted by Gasteiger charge is -2.42. The zero-order valence-corrected chi connectivity index (χ0v) is 20.8. The first-order valence-corrected chi connectivity index (χ1v) is 12.6. The molecule has 0 spiro atoms. The number of benzene rings is 2. The highest BCUT2D eigenvalue weighted by Gasteiger charge is 2.31. The maximum atomic E-state index is 13.0. The number of piperazine rings is 1. The van der Waals surface area contributed by atoms with Crippen LogP contribution in [0.1, 0.15) is 28.8 Å². The molecule has 5 rings (SSSR count). The molecule has 8 nitrogen and oxygen atoms in total. The number of aromatic amines is 1. The van der Waals surface area contributed by atoms with Crippen molar-refractivity contribution >= 4 is 46.1 Å². The van der Waals surface area contributed by atoms with E-state index in [1.54, 1.807) is 29.3 Å². The minimum absolute atomic E-state index is 0.0705. The zero-order valence-electron chi connectivity index (χ0n) is 19.3. The molecule has 2 fully saturated rings. The van der Waals surface area contributed by atoms with Crippen LogP contribution in [0.3, 0.4) is 0 Å². The highest BCUT2D eigenvalue weighted by atomic mass is 35.5. The maximum absolute atomic E-state index is 13.0. The van der Waals surface area contributed by atoms with E-state index in [0.717, 1.165) is 55.5 Å². The van der Waals surface area contributed by atoms with Crippen molar-refractivity contribution in [1.29, 1.82) is 0 Å². The summed E-state index contributed by atoms with van der Waals surface area (Å²) < 4.78 is 5.46. The minimum atomic E-state index is -0.314. The summed E-state index contributed by atoms with van der Waals surface area (Å²) in [5, 5.41) is 8.80. The summed E-state index contributed by atoms with van der Waals surface area (Å²) in [6.07, 6.45) is 3.29. The van der Waals surface area contributed by atoms with Gasteiger partial charge in [0.05, 0.1) is 21.8 Å². The lowest BCUT2D eigenvalue weighted by Crippen LogP contribution is -2.54. The Hall–Kier alpha value is -2.81. The number of carbonyl (C=O) groups is 2. The van der Waals surface area contributed by atoms with Crippen LogP contribution < -0.4 is 0 Å². The van der Waals surface area contributed by atoms with Gasteiger partial charge >= 0.3 is 6.09 Å². The monoisotopic (exact) mass is 515 g/mol. The Balaban J connectivity index is 1.07. The SMILES string of the molecule is O=C(OCc1ccc(Cl)c(Cl)c1)N1CCN(C2CCN(C(=O)c3ccc4[nH]ncc4c3)CC2)CC1. The molecule has 1 aromatic heterocycles. The molecule has 10 heteroatoms. The Kier molecular flexibility index (Phi) is 7.13. The predicted molar refractivity (Wildman–Crippen MR) is 135 cm³/mol. The van der Waals surface area contributed by atoms with Crippen molar-refractivity contribution in [2.24, 2.45) is 0 Å². The first-order valence-electron chi connectivity index (χ1n) is 11.8. The fourth-order valence-corrected chi connectivity index (χ4v) is 5.15. The normalized spacial score (nSPS) is 17.7. The Labute approximate surface area is 213 Å². The number of likely N-dealkylation sites (tertiary alicyclic amines) is 1. The number of carbonyl (C=O) groups excluding carboxylic acids is 2. The number of fused-ring (bicyclic) bond motifs is 1. The van der Waals surface area contributed by atoms with Crippen molar-refractivity contribution in [2.45, 2.75) is 25.5 Å². The highest BCUT2D eigenvalue weighted by molar-refractivity contribution is 6.42. The summed E-state index contributed by atoms with van der Waals surface area (Å²) in [6, 6.07) is 11.3. The summed E-state index contributed by atoms with van der Waals surface area (Å²) >= 11 is 12.0. The first-order chi connectivity index (χ1) is 17.0. The molecule has 2 amide bonds. The topological polar surface area (TPSA) is 81.8 Å². The molecule has 0 bridgehead atoms. The zero-order chi connectivity index (χ0) is 24.4. The molecular formula is C25H27Cl2N5O3. The Bertz CT molecular complexity index is 1220. The van der Waals surface area contributed by atoms with Gasteiger partial charge in [0.25, 0.3) is 5.91 Å². The molecule has 2 aromatic carbocycles. The second kappa shape index (κ2) is 10.4. The van der Waals surface area contributed by atoms with Crippen molar-refractivity contribution in [3.63, 3.8) is 0 Å². The second-order valence-electron chi connectivity index (χ2n) is 9.02. The van der Waals surface area contributed by atoms with Crippen LogP contribution in [-0.4, -0.2) is 82.2 Å². The van der Waals surface area contributed by atoms with Crippen LogP contribution >= 0.6 is 23.2 Å². The van der Waals surface area contributed by atoms with E-state index >= 15 is 0 Å². The molecule has 0 aliphatic carbocycles. The van der Waals surface area contributed by atoms with E-state index < -0.39 is 0 Å². The number of ether oxygens (including phenoxy) is 1. The van der Waals surface area contributed by atoms with Crippen LogP contribution in [0.25, 0.3) is 10.9 Å². The molecule has 0 unspecified atom stereocenters. The first kappa shape index (κ1) is 23.9. The van der Waals surface area contributed by atoms with E-state index in [1.807, 2.05) is 23.1 Å². The van der Waals surface area contributed by atoms with Gasteiger partial charge in [-0.1, -0.05) is 29.3 Å². The summed E-state index contributed by atoms with van der Waals surface area (Å²) in [5.74, 6) is 0.0705. The maximum Gasteiger partial charge on any atom is 0.410 e. The number of piperidine rings is 1. The Morgan fingerprint density at radius 3 is 2.46 bits per heavy atom. The smallest absolute Gasteiger partial charge is 0.410 e. The van der Waals surface area contributed by atoms with Gasteiger partial charge in [-0.2, -0.15) is 5.10 Å². The van der Waals surface area contributed by atoms with Crippen molar-refractivity contribution in [3.05, 3.63) is 63.8 Å². The molecule has 184 valence electrons. The Morgan fingerprint density at radius 1 is 0.943 bits per heavy atom. The van der Waals surface area contributed by atoms with Crippen LogP contribution in [0.4, 0.5) is 4.79 Å². The third-order valence-electron chi connectivity index (χ3n) is 6.87. The molecule has 2 saturated heterocycles. The van der Waals surface area contributed by atoms with E-state index in [2.05, 4.69) is 15.1 Å². The molecule has 0 radical (unpaired) electrons. The number of aromatic nitrogens is 2. The molecule has 35 heavy (non-hydrogen) atoms. The third-order valence-corrected chi connectivity index (χ3v) is 7.61. The van der Waals surface area contributed by atoms with E-state index in [-0.39, 0.29) is 18.6 Å². The number of amides is 2. The van der Waals surface area contributed by atoms with Gasteiger partial charge in [0.2, 0.25) is 0 Å². The number of hydrogen-bond acceptors (Lipinski definition) is 5. The fraction of sp³-hybridized carbons (Fsp3) is 0.400. The summed E-state index contributed by atoms with van der Waals surface area (Å²) in [5.41, 5.74) is 2.43. The number of nitrogens with one attached hydrogen (secondary N) is 1. The van der Waals surface area contributed by atoms with Gasteiger partial charge in [-0.05, 0) is 48.7 Å². The predicted octanol–water partition coefficient (Wildman–Crippen LogP) is 4.43. The van der Waals surface area contributed by atoms with Gasteiger partial charge in [0.1, 0.15) is 6.61 Å². The van der Waals surface area contributed by atoms with Crippen LogP contribution in [0.15, 0.2) is 42.6 Å². The van der Waals surface area contributed by atoms with Crippen LogP contribution in [0.2, 0.25) is 10.0 Å². The van der Waals surface area contributed by atoms with Crippen molar-refractivity contribution in [1.82, 2.24) is 24.9 Å². The quantitative estimate of drug-likeness (QED) is 0.555. The largest absolute Gasteiger partial charge is 0.445 e. The Morgan fingerprint density at radius 2 is 1.71 bits per heavy atom. The van der Waals surface area contributed by atoms with Crippen molar-refractivity contribution < 1.29 is 14.3 Å². The lowest BCUT2D eigenvalue weighted by atomic mass is 10.0. The molecule has 2 aliphatic heterocycles. The molecule has 0 saturated carbocycles. The highest BCUT2D eigenvalue weighted by Crippen LogP contribution is 2.24. The summed E-state index contributed by atoms with van der Waals surface area (Å²) in [6.45, 7) is 4.50. The molecule has 3 aromatic rings. The summed E-state index contributed by atoms with van der Waals surface area (Å²) in [4.78, 5) is 31.6. The number of rotatable bonds is 4.